The molecule has 100 valence electrons. The molecule has 0 aliphatic rings. The third-order valence-electron chi connectivity index (χ3n) is 3.20. The van der Waals surface area contributed by atoms with Crippen LogP contribution in [-0.2, 0) is 0 Å². The Morgan fingerprint density at radius 2 is 2.11 bits per heavy atom. The summed E-state index contributed by atoms with van der Waals surface area (Å²) in [5.74, 6) is -0.388. The third-order valence-corrected chi connectivity index (χ3v) is 3.20. The average molecular weight is 250 g/mol. The Morgan fingerprint density at radius 3 is 2.61 bits per heavy atom. The van der Waals surface area contributed by atoms with E-state index in [4.69, 9.17) is 5.73 Å². The van der Waals surface area contributed by atoms with E-state index in [1.165, 1.54) is 0 Å². The van der Waals surface area contributed by atoms with Crippen LogP contribution in [0.15, 0.2) is 18.2 Å². The third kappa shape index (κ3) is 3.39. The first-order valence-electron chi connectivity index (χ1n) is 6.37. The Bertz CT molecular complexity index is 418. The number of hydrogen-bond acceptors (Lipinski definition) is 3. The molecule has 1 aromatic rings. The van der Waals surface area contributed by atoms with Crippen molar-refractivity contribution in [1.82, 2.24) is 0 Å². The fraction of sp³-hybridized carbons (Fsp3) is 0.500. The van der Waals surface area contributed by atoms with Crippen LogP contribution in [0.3, 0.4) is 0 Å². The quantitative estimate of drug-likeness (QED) is 0.762. The molecular weight excluding hydrogens is 228 g/mol. The van der Waals surface area contributed by atoms with Gasteiger partial charge >= 0.3 is 5.97 Å². The van der Waals surface area contributed by atoms with Crippen LogP contribution >= 0.6 is 0 Å². The van der Waals surface area contributed by atoms with E-state index in [1.54, 1.807) is 18.2 Å². The monoisotopic (exact) mass is 250 g/mol. The molecule has 18 heavy (non-hydrogen) atoms. The van der Waals surface area contributed by atoms with E-state index < -0.39 is 5.97 Å². The molecule has 1 unspecified atom stereocenters. The summed E-state index contributed by atoms with van der Waals surface area (Å²) < 4.78 is 0. The standard InChI is InChI=1S/C14H22N2O2/c1-4-10(3)9-16(5-2)13-8-11(15)6-7-12(13)14(17)18/h6-8,10H,4-5,9,15H2,1-3H3,(H,17,18). The van der Waals surface area contributed by atoms with Gasteiger partial charge in [-0.25, -0.2) is 4.79 Å². The van der Waals surface area contributed by atoms with Gasteiger partial charge in [0, 0.05) is 18.8 Å². The number of nitrogens with two attached hydrogens (primary N) is 1. The lowest BCUT2D eigenvalue weighted by atomic mass is 10.1. The molecular formula is C14H22N2O2. The molecule has 1 aromatic carbocycles. The maximum Gasteiger partial charge on any atom is 0.337 e. The first-order valence-corrected chi connectivity index (χ1v) is 6.37. The van der Waals surface area contributed by atoms with Crippen LogP contribution in [0.25, 0.3) is 0 Å². The van der Waals surface area contributed by atoms with Gasteiger partial charge in [0.25, 0.3) is 0 Å². The predicted octanol–water partition coefficient (Wildman–Crippen LogP) is 2.84. The highest BCUT2D eigenvalue weighted by Crippen LogP contribution is 2.25. The van der Waals surface area contributed by atoms with Crippen LogP contribution in [0.1, 0.15) is 37.6 Å². The summed E-state index contributed by atoms with van der Waals surface area (Å²) in [7, 11) is 0. The van der Waals surface area contributed by atoms with Crippen molar-refractivity contribution in [3.8, 4) is 0 Å². The number of nitrogen functional groups attached to an aromatic ring is 1. The van der Waals surface area contributed by atoms with Crippen LogP contribution in [0.4, 0.5) is 11.4 Å². The van der Waals surface area contributed by atoms with E-state index in [0.29, 0.717) is 22.9 Å². The van der Waals surface area contributed by atoms with Gasteiger partial charge in [0.15, 0.2) is 0 Å². The highest BCUT2D eigenvalue weighted by molar-refractivity contribution is 5.95. The van der Waals surface area contributed by atoms with Crippen molar-refractivity contribution in [3.63, 3.8) is 0 Å². The molecule has 0 radical (unpaired) electrons. The summed E-state index contributed by atoms with van der Waals surface area (Å²) in [6, 6.07) is 4.95. The molecule has 0 saturated carbocycles. The van der Waals surface area contributed by atoms with Gasteiger partial charge in [-0.1, -0.05) is 20.3 Å². The maximum absolute atomic E-state index is 11.2. The number of hydrogen-bond donors (Lipinski definition) is 2. The van der Waals surface area contributed by atoms with Gasteiger partial charge in [-0.15, -0.1) is 0 Å². The number of carbonyl (C=O) groups is 1. The van der Waals surface area contributed by atoms with E-state index >= 15 is 0 Å². The highest BCUT2D eigenvalue weighted by Gasteiger charge is 2.16. The van der Waals surface area contributed by atoms with Gasteiger partial charge < -0.3 is 15.7 Å². The topological polar surface area (TPSA) is 66.6 Å². The van der Waals surface area contributed by atoms with Gasteiger partial charge in [-0.2, -0.15) is 0 Å². The Kier molecular flexibility index (Phi) is 5.01. The Labute approximate surface area is 108 Å². The van der Waals surface area contributed by atoms with Gasteiger partial charge in [0.05, 0.1) is 11.3 Å². The second-order valence-corrected chi connectivity index (χ2v) is 4.63. The molecule has 0 fully saturated rings. The first kappa shape index (κ1) is 14.4. The van der Waals surface area contributed by atoms with Crippen molar-refractivity contribution in [3.05, 3.63) is 23.8 Å². The number of aromatic carboxylic acids is 1. The minimum atomic E-state index is -0.910. The van der Waals surface area contributed by atoms with E-state index in [2.05, 4.69) is 18.7 Å². The molecule has 0 heterocycles. The van der Waals surface area contributed by atoms with Crippen LogP contribution in [-0.4, -0.2) is 24.2 Å². The van der Waals surface area contributed by atoms with E-state index in [-0.39, 0.29) is 0 Å². The van der Waals surface area contributed by atoms with Crippen LogP contribution < -0.4 is 10.6 Å². The molecule has 1 rings (SSSR count). The molecule has 0 amide bonds. The molecule has 4 heteroatoms. The van der Waals surface area contributed by atoms with E-state index in [9.17, 15) is 9.90 Å². The SMILES string of the molecule is CCC(C)CN(CC)c1cc(N)ccc1C(=O)O. The zero-order valence-corrected chi connectivity index (χ0v) is 11.3. The lowest BCUT2D eigenvalue weighted by Gasteiger charge is -2.27. The van der Waals surface area contributed by atoms with Gasteiger partial charge in [0.2, 0.25) is 0 Å². The molecule has 3 N–H and O–H groups in total. The molecule has 0 aliphatic carbocycles. The summed E-state index contributed by atoms with van der Waals surface area (Å²) in [4.78, 5) is 13.3. The minimum absolute atomic E-state index is 0.314. The van der Waals surface area contributed by atoms with Crippen molar-refractivity contribution in [2.75, 3.05) is 23.7 Å². The Morgan fingerprint density at radius 1 is 1.44 bits per heavy atom. The molecule has 0 aromatic heterocycles. The minimum Gasteiger partial charge on any atom is -0.478 e. The number of carboxylic acids is 1. The number of benzene rings is 1. The summed E-state index contributed by atoms with van der Waals surface area (Å²) in [5.41, 5.74) is 7.39. The maximum atomic E-state index is 11.2. The lowest BCUT2D eigenvalue weighted by molar-refractivity contribution is 0.0697. The van der Waals surface area contributed by atoms with Crippen LogP contribution in [0.5, 0.6) is 0 Å². The summed E-state index contributed by atoms with van der Waals surface area (Å²) >= 11 is 0. The number of rotatable bonds is 6. The lowest BCUT2D eigenvalue weighted by Crippen LogP contribution is -2.29. The van der Waals surface area contributed by atoms with Crippen molar-refractivity contribution >= 4 is 17.3 Å². The Hall–Kier alpha value is -1.71. The fourth-order valence-corrected chi connectivity index (χ4v) is 1.89. The number of anilines is 2. The second-order valence-electron chi connectivity index (χ2n) is 4.63. The summed E-state index contributed by atoms with van der Waals surface area (Å²) in [5, 5.41) is 9.22. The molecule has 0 aliphatic heterocycles. The van der Waals surface area contributed by atoms with E-state index in [0.717, 1.165) is 19.5 Å². The summed E-state index contributed by atoms with van der Waals surface area (Å²) in [6.07, 6.45) is 1.07. The van der Waals surface area contributed by atoms with Crippen LogP contribution in [0.2, 0.25) is 0 Å². The van der Waals surface area contributed by atoms with Crippen molar-refractivity contribution in [1.29, 1.82) is 0 Å². The fourth-order valence-electron chi connectivity index (χ4n) is 1.89. The smallest absolute Gasteiger partial charge is 0.337 e. The molecule has 0 bridgehead atoms. The zero-order valence-electron chi connectivity index (χ0n) is 11.3. The summed E-state index contributed by atoms with van der Waals surface area (Å²) in [6.45, 7) is 7.94. The molecule has 4 nitrogen and oxygen atoms in total. The van der Waals surface area contributed by atoms with Crippen molar-refractivity contribution in [2.24, 2.45) is 5.92 Å². The number of carboxylic acid groups (broad SMARTS) is 1. The molecule has 1 atom stereocenters. The zero-order chi connectivity index (χ0) is 13.7. The average Bonchev–Trinajstić information content (AvgIpc) is 2.35. The first-order chi connectivity index (χ1) is 8.49. The number of nitrogens with zero attached hydrogens (tertiary/aromatic N) is 1. The van der Waals surface area contributed by atoms with Crippen molar-refractivity contribution in [2.45, 2.75) is 27.2 Å². The normalized spacial score (nSPS) is 12.2. The van der Waals surface area contributed by atoms with Gasteiger partial charge in [-0.3, -0.25) is 0 Å². The molecule has 0 saturated heterocycles. The second kappa shape index (κ2) is 6.28. The van der Waals surface area contributed by atoms with Crippen LogP contribution in [0, 0.1) is 5.92 Å². The largest absolute Gasteiger partial charge is 0.478 e. The van der Waals surface area contributed by atoms with E-state index in [1.807, 2.05) is 6.92 Å². The van der Waals surface area contributed by atoms with Gasteiger partial charge in [0.1, 0.15) is 0 Å². The Balaban J connectivity index is 3.10. The molecule has 0 spiro atoms. The highest BCUT2D eigenvalue weighted by atomic mass is 16.4. The van der Waals surface area contributed by atoms with Crippen molar-refractivity contribution < 1.29 is 9.90 Å². The predicted molar refractivity (Wildman–Crippen MR) is 75.2 cm³/mol. The van der Waals surface area contributed by atoms with Gasteiger partial charge in [-0.05, 0) is 31.0 Å².